The summed E-state index contributed by atoms with van der Waals surface area (Å²) in [6.45, 7) is 5.22. The minimum Gasteiger partial charge on any atom is -0.465 e. The van der Waals surface area contributed by atoms with Crippen LogP contribution < -0.4 is 4.90 Å². The van der Waals surface area contributed by atoms with E-state index in [1.165, 1.54) is 0 Å². The minimum absolute atomic E-state index is 0.0686. The molecule has 1 heterocycles. The summed E-state index contributed by atoms with van der Waals surface area (Å²) >= 11 is 5.27. The summed E-state index contributed by atoms with van der Waals surface area (Å²) in [5, 5.41) is 17.9. The molecular formula is C11H9BrIN3O2. The lowest BCUT2D eigenvalue weighted by Gasteiger charge is -2.22. The molecule has 7 heteroatoms. The normalized spacial score (nSPS) is 9.67. The second-order valence-electron chi connectivity index (χ2n) is 3.45. The molecule has 0 saturated heterocycles. The van der Waals surface area contributed by atoms with E-state index in [1.54, 1.807) is 13.1 Å². The lowest BCUT2D eigenvalue weighted by atomic mass is 10.2. The topological polar surface area (TPSA) is 77.2 Å². The summed E-state index contributed by atoms with van der Waals surface area (Å²) in [6.07, 6.45) is 0.465. The monoisotopic (exact) mass is 421 g/mol. The average Bonchev–Trinajstić information content (AvgIpc) is 2.32. The maximum atomic E-state index is 11.3. The van der Waals surface area contributed by atoms with Crippen molar-refractivity contribution in [2.24, 2.45) is 0 Å². The Hall–Kier alpha value is -1.14. The maximum absolute atomic E-state index is 11.3. The molecule has 0 atom stereocenters. The van der Waals surface area contributed by atoms with E-state index in [1.807, 2.05) is 28.7 Å². The number of nitrogens with zero attached hydrogens (tertiary/aromatic N) is 3. The Morgan fingerprint density at radius 3 is 2.89 bits per heavy atom. The van der Waals surface area contributed by atoms with Gasteiger partial charge in [-0.1, -0.05) is 6.58 Å². The fourth-order valence-corrected chi connectivity index (χ4v) is 2.45. The highest BCUT2D eigenvalue weighted by molar-refractivity contribution is 14.1. The molecule has 5 nitrogen and oxygen atoms in total. The Morgan fingerprint density at radius 1 is 1.78 bits per heavy atom. The lowest BCUT2D eigenvalue weighted by Crippen LogP contribution is -2.32. The molecule has 0 radical (unpaired) electrons. The van der Waals surface area contributed by atoms with E-state index in [2.05, 4.69) is 27.5 Å². The van der Waals surface area contributed by atoms with Crippen LogP contribution in [0.4, 0.5) is 10.5 Å². The van der Waals surface area contributed by atoms with E-state index in [0.29, 0.717) is 13.9 Å². The number of halogens is 2. The molecule has 0 aliphatic carbocycles. The van der Waals surface area contributed by atoms with Gasteiger partial charge in [-0.15, -0.1) is 0 Å². The maximum Gasteiger partial charge on any atom is 0.412 e. The van der Waals surface area contributed by atoms with E-state index in [-0.39, 0.29) is 12.1 Å². The number of carbonyl (C=O) groups is 1. The number of aromatic nitrogens is 1. The van der Waals surface area contributed by atoms with Crippen molar-refractivity contribution in [2.75, 3.05) is 11.4 Å². The van der Waals surface area contributed by atoms with Crippen LogP contribution in [0, 0.1) is 22.0 Å². The molecule has 0 saturated carbocycles. The zero-order chi connectivity index (χ0) is 13.9. The molecule has 0 bridgehead atoms. The van der Waals surface area contributed by atoms with Crippen molar-refractivity contribution < 1.29 is 9.90 Å². The molecule has 1 amide bonds. The first-order chi connectivity index (χ1) is 8.38. The number of hydrogen-bond acceptors (Lipinski definition) is 3. The Balaban J connectivity index is 3.31. The molecule has 1 rings (SSSR count). The van der Waals surface area contributed by atoms with Crippen LogP contribution in [-0.4, -0.2) is 22.7 Å². The fraction of sp³-hybridized carbons (Fsp3) is 0.182. The molecule has 0 spiro atoms. The third kappa shape index (κ3) is 3.20. The summed E-state index contributed by atoms with van der Waals surface area (Å²) < 4.78 is 1.27. The number of hydrogen-bond donors (Lipinski definition) is 1. The Morgan fingerprint density at radius 2 is 2.39 bits per heavy atom. The molecule has 0 aliphatic rings. The van der Waals surface area contributed by atoms with E-state index < -0.39 is 6.09 Å². The van der Waals surface area contributed by atoms with E-state index >= 15 is 0 Å². The van der Waals surface area contributed by atoms with Crippen LogP contribution in [0.25, 0.3) is 0 Å². The summed E-state index contributed by atoms with van der Waals surface area (Å²) in [7, 11) is 0. The SMILES string of the molecule is C=C(C#N)CN(C(=O)O)c1c(I)ncc(Br)c1C. The van der Waals surface area contributed by atoms with Gasteiger partial charge in [-0.3, -0.25) is 4.90 Å². The molecule has 18 heavy (non-hydrogen) atoms. The summed E-state index contributed by atoms with van der Waals surface area (Å²) in [4.78, 5) is 16.5. The number of amides is 1. The zero-order valence-corrected chi connectivity index (χ0v) is 13.2. The van der Waals surface area contributed by atoms with Crippen molar-refractivity contribution in [3.05, 3.63) is 32.1 Å². The number of nitriles is 1. The predicted octanol–water partition coefficient (Wildman–Crippen LogP) is 3.32. The van der Waals surface area contributed by atoms with Gasteiger partial charge in [0, 0.05) is 16.2 Å². The van der Waals surface area contributed by atoms with Gasteiger partial charge in [-0.25, -0.2) is 9.78 Å². The van der Waals surface area contributed by atoms with Crippen molar-refractivity contribution in [2.45, 2.75) is 6.92 Å². The molecule has 0 unspecified atom stereocenters. The number of carboxylic acid groups (broad SMARTS) is 1. The van der Waals surface area contributed by atoms with Gasteiger partial charge in [0.2, 0.25) is 0 Å². The Bertz CT molecular complexity index is 554. The highest BCUT2D eigenvalue weighted by Gasteiger charge is 2.22. The number of anilines is 1. The van der Waals surface area contributed by atoms with Crippen LogP contribution >= 0.6 is 38.5 Å². The number of pyridine rings is 1. The minimum atomic E-state index is -1.15. The fourth-order valence-electron chi connectivity index (χ4n) is 1.32. The molecule has 1 aromatic rings. The second-order valence-corrected chi connectivity index (χ2v) is 5.33. The highest BCUT2D eigenvalue weighted by Crippen LogP contribution is 2.30. The summed E-state index contributed by atoms with van der Waals surface area (Å²) in [5.74, 6) is 0. The van der Waals surface area contributed by atoms with Gasteiger partial charge in [-0.2, -0.15) is 5.26 Å². The van der Waals surface area contributed by atoms with Crippen LogP contribution in [-0.2, 0) is 0 Å². The highest BCUT2D eigenvalue weighted by atomic mass is 127. The Kier molecular flexibility index (Phi) is 5.10. The van der Waals surface area contributed by atoms with Crippen molar-refractivity contribution >= 4 is 50.3 Å². The van der Waals surface area contributed by atoms with Gasteiger partial charge in [0.15, 0.2) is 0 Å². The molecule has 94 valence electrons. The van der Waals surface area contributed by atoms with E-state index in [0.717, 1.165) is 10.5 Å². The second kappa shape index (κ2) is 6.15. The van der Waals surface area contributed by atoms with Gasteiger partial charge in [0.05, 0.1) is 18.3 Å². The first kappa shape index (κ1) is 14.9. The van der Waals surface area contributed by atoms with Crippen molar-refractivity contribution in [1.29, 1.82) is 5.26 Å². The van der Waals surface area contributed by atoms with Crippen molar-refractivity contribution in [1.82, 2.24) is 4.98 Å². The van der Waals surface area contributed by atoms with Gasteiger partial charge < -0.3 is 5.11 Å². The van der Waals surface area contributed by atoms with Gasteiger partial charge >= 0.3 is 6.09 Å². The first-order valence-corrected chi connectivity index (χ1v) is 6.64. The van der Waals surface area contributed by atoms with Gasteiger partial charge in [-0.05, 0) is 51.0 Å². The molecule has 1 N–H and O–H groups in total. The largest absolute Gasteiger partial charge is 0.465 e. The smallest absolute Gasteiger partial charge is 0.412 e. The molecule has 0 aromatic carbocycles. The van der Waals surface area contributed by atoms with Crippen LogP contribution in [0.3, 0.4) is 0 Å². The first-order valence-electron chi connectivity index (χ1n) is 4.77. The summed E-state index contributed by atoms with van der Waals surface area (Å²) in [6, 6.07) is 1.84. The Labute approximate surface area is 126 Å². The third-order valence-corrected chi connectivity index (χ3v) is 3.80. The van der Waals surface area contributed by atoms with Crippen molar-refractivity contribution in [3.8, 4) is 6.07 Å². The molecule has 0 aliphatic heterocycles. The molecule has 1 aromatic heterocycles. The lowest BCUT2D eigenvalue weighted by molar-refractivity contribution is 0.202. The quantitative estimate of drug-likeness (QED) is 0.461. The molecular weight excluding hydrogens is 413 g/mol. The van der Waals surface area contributed by atoms with Crippen molar-refractivity contribution in [3.63, 3.8) is 0 Å². The van der Waals surface area contributed by atoms with Crippen LogP contribution in [0.5, 0.6) is 0 Å². The number of rotatable bonds is 3. The molecule has 0 fully saturated rings. The van der Waals surface area contributed by atoms with Gasteiger partial charge in [0.25, 0.3) is 0 Å². The standard InChI is InChI=1S/C11H9BrIN3O2/c1-6(3-14)5-16(11(17)18)9-7(2)8(12)4-15-10(9)13/h4H,1,5H2,2H3,(H,17,18). The van der Waals surface area contributed by atoms with Gasteiger partial charge in [0.1, 0.15) is 3.70 Å². The third-order valence-electron chi connectivity index (χ3n) is 2.21. The zero-order valence-electron chi connectivity index (χ0n) is 9.44. The van der Waals surface area contributed by atoms with E-state index in [4.69, 9.17) is 5.26 Å². The van der Waals surface area contributed by atoms with Crippen LogP contribution in [0.15, 0.2) is 22.8 Å². The van der Waals surface area contributed by atoms with Crippen LogP contribution in [0.1, 0.15) is 5.56 Å². The van der Waals surface area contributed by atoms with E-state index in [9.17, 15) is 9.90 Å². The van der Waals surface area contributed by atoms with Crippen LogP contribution in [0.2, 0.25) is 0 Å². The predicted molar refractivity (Wildman–Crippen MR) is 79.5 cm³/mol. The summed E-state index contributed by atoms with van der Waals surface area (Å²) in [5.41, 5.74) is 1.39. The average molecular weight is 422 g/mol.